The van der Waals surface area contributed by atoms with Crippen LogP contribution < -0.4 is 5.32 Å². The molecule has 0 spiro atoms. The largest absolute Gasteiger partial charge is 0.341 e. The van der Waals surface area contributed by atoms with E-state index in [1.54, 1.807) is 4.68 Å². The molecule has 1 aliphatic heterocycles. The van der Waals surface area contributed by atoms with Gasteiger partial charge in [0.25, 0.3) is 0 Å². The van der Waals surface area contributed by atoms with Crippen LogP contribution in [0.2, 0.25) is 0 Å². The second-order valence-corrected chi connectivity index (χ2v) is 6.23. The Morgan fingerprint density at radius 3 is 2.67 bits per heavy atom. The van der Waals surface area contributed by atoms with Gasteiger partial charge in [-0.1, -0.05) is 31.9 Å². The van der Waals surface area contributed by atoms with Crippen molar-refractivity contribution >= 4 is 5.91 Å². The van der Waals surface area contributed by atoms with Crippen LogP contribution in [0.3, 0.4) is 0 Å². The first-order chi connectivity index (χ1) is 10.1. The number of nitrogens with one attached hydrogen (secondary N) is 1. The summed E-state index contributed by atoms with van der Waals surface area (Å²) in [6.07, 6.45) is 6.57. The van der Waals surface area contributed by atoms with E-state index in [9.17, 15) is 4.79 Å². The van der Waals surface area contributed by atoms with Gasteiger partial charge in [0, 0.05) is 19.6 Å². The highest BCUT2D eigenvalue weighted by molar-refractivity contribution is 5.75. The van der Waals surface area contributed by atoms with Gasteiger partial charge in [0.05, 0.1) is 11.9 Å². The molecular formula is C15H27N5O. The van der Waals surface area contributed by atoms with Crippen molar-refractivity contribution in [2.45, 2.75) is 52.6 Å². The number of rotatable bonds is 6. The third-order valence-electron chi connectivity index (χ3n) is 3.70. The van der Waals surface area contributed by atoms with Gasteiger partial charge in [-0.2, -0.15) is 0 Å². The highest BCUT2D eigenvalue weighted by atomic mass is 16.2. The van der Waals surface area contributed by atoms with Gasteiger partial charge >= 0.3 is 0 Å². The fourth-order valence-corrected chi connectivity index (χ4v) is 2.54. The molecule has 0 radical (unpaired) electrons. The third kappa shape index (κ3) is 5.46. The van der Waals surface area contributed by atoms with Crippen LogP contribution in [-0.4, -0.2) is 45.4 Å². The van der Waals surface area contributed by atoms with Crippen LogP contribution in [0.1, 0.15) is 45.2 Å². The number of likely N-dealkylation sites (tertiary alicyclic amines) is 1. The molecule has 1 aromatic heterocycles. The molecule has 1 aromatic rings. The van der Waals surface area contributed by atoms with Gasteiger partial charge in [-0.05, 0) is 25.3 Å². The van der Waals surface area contributed by atoms with Crippen LogP contribution in [0.15, 0.2) is 6.20 Å². The van der Waals surface area contributed by atoms with E-state index in [4.69, 9.17) is 0 Å². The van der Waals surface area contributed by atoms with Crippen molar-refractivity contribution in [3.05, 3.63) is 11.9 Å². The standard InChI is InChI=1S/C15H27N5O/c1-13(2)9-16-10-14-11-20(18-17-14)12-15(21)19-7-5-3-4-6-8-19/h11,13,16H,3-10,12H2,1-2H3. The molecular weight excluding hydrogens is 266 g/mol. The molecule has 2 rings (SSSR count). The lowest BCUT2D eigenvalue weighted by Gasteiger charge is -2.19. The van der Waals surface area contributed by atoms with Crippen molar-refractivity contribution in [3.8, 4) is 0 Å². The molecule has 0 unspecified atom stereocenters. The first kappa shape index (κ1) is 15.9. The lowest BCUT2D eigenvalue weighted by Crippen LogP contribution is -2.34. The SMILES string of the molecule is CC(C)CNCc1cn(CC(=O)N2CCCCCC2)nn1. The Balaban J connectivity index is 1.79. The Labute approximate surface area is 126 Å². The number of amides is 1. The minimum Gasteiger partial charge on any atom is -0.341 e. The Morgan fingerprint density at radius 1 is 1.29 bits per heavy atom. The van der Waals surface area contributed by atoms with Gasteiger partial charge in [0.2, 0.25) is 5.91 Å². The first-order valence-electron chi connectivity index (χ1n) is 8.02. The maximum atomic E-state index is 12.3. The van der Waals surface area contributed by atoms with E-state index in [0.29, 0.717) is 19.0 Å². The van der Waals surface area contributed by atoms with Gasteiger partial charge < -0.3 is 10.2 Å². The highest BCUT2D eigenvalue weighted by Gasteiger charge is 2.16. The summed E-state index contributed by atoms with van der Waals surface area (Å²) in [7, 11) is 0. The fourth-order valence-electron chi connectivity index (χ4n) is 2.54. The number of aromatic nitrogens is 3. The summed E-state index contributed by atoms with van der Waals surface area (Å²) in [5.74, 6) is 0.771. The number of carbonyl (C=O) groups excluding carboxylic acids is 1. The fraction of sp³-hybridized carbons (Fsp3) is 0.800. The maximum absolute atomic E-state index is 12.3. The van der Waals surface area contributed by atoms with Crippen LogP contribution >= 0.6 is 0 Å². The van der Waals surface area contributed by atoms with E-state index in [-0.39, 0.29) is 5.91 Å². The zero-order valence-electron chi connectivity index (χ0n) is 13.2. The molecule has 0 aromatic carbocycles. The molecule has 1 N–H and O–H groups in total. The zero-order valence-corrected chi connectivity index (χ0v) is 13.2. The molecule has 2 heterocycles. The van der Waals surface area contributed by atoms with Crippen molar-refractivity contribution in [2.24, 2.45) is 5.92 Å². The van der Waals surface area contributed by atoms with Crippen molar-refractivity contribution in [1.29, 1.82) is 0 Å². The predicted molar refractivity (Wildman–Crippen MR) is 81.6 cm³/mol. The topological polar surface area (TPSA) is 63.1 Å². The van der Waals surface area contributed by atoms with Crippen molar-refractivity contribution in [3.63, 3.8) is 0 Å². The molecule has 1 aliphatic rings. The molecule has 118 valence electrons. The van der Waals surface area contributed by atoms with Gasteiger partial charge in [-0.3, -0.25) is 4.79 Å². The normalized spacial score (nSPS) is 16.2. The maximum Gasteiger partial charge on any atom is 0.244 e. The second-order valence-electron chi connectivity index (χ2n) is 6.23. The van der Waals surface area contributed by atoms with Crippen molar-refractivity contribution in [2.75, 3.05) is 19.6 Å². The summed E-state index contributed by atoms with van der Waals surface area (Å²) in [6, 6.07) is 0. The van der Waals surface area contributed by atoms with Crippen LogP contribution in [0.25, 0.3) is 0 Å². The summed E-state index contributed by atoms with van der Waals surface area (Å²) in [5.41, 5.74) is 0.888. The summed E-state index contributed by atoms with van der Waals surface area (Å²) in [4.78, 5) is 14.2. The lowest BCUT2D eigenvalue weighted by atomic mass is 10.2. The molecule has 0 aliphatic carbocycles. The van der Waals surface area contributed by atoms with E-state index in [0.717, 1.165) is 38.2 Å². The van der Waals surface area contributed by atoms with E-state index in [2.05, 4.69) is 29.5 Å². The molecule has 0 bridgehead atoms. The summed E-state index contributed by atoms with van der Waals surface area (Å²) in [6.45, 7) is 8.08. The Bertz CT molecular complexity index is 435. The lowest BCUT2D eigenvalue weighted by molar-refractivity contribution is -0.132. The minimum atomic E-state index is 0.156. The van der Waals surface area contributed by atoms with Crippen LogP contribution in [0, 0.1) is 5.92 Å². The van der Waals surface area contributed by atoms with Gasteiger partial charge in [0.15, 0.2) is 0 Å². The Kier molecular flexibility index (Phi) is 6.17. The zero-order chi connectivity index (χ0) is 15.1. The average Bonchev–Trinajstić information content (AvgIpc) is 2.72. The van der Waals surface area contributed by atoms with E-state index < -0.39 is 0 Å². The number of hydrogen-bond acceptors (Lipinski definition) is 4. The molecule has 0 atom stereocenters. The van der Waals surface area contributed by atoms with Crippen LogP contribution in [0.4, 0.5) is 0 Å². The monoisotopic (exact) mass is 293 g/mol. The van der Waals surface area contributed by atoms with Crippen LogP contribution in [-0.2, 0) is 17.9 Å². The molecule has 6 heteroatoms. The number of hydrogen-bond donors (Lipinski definition) is 1. The molecule has 21 heavy (non-hydrogen) atoms. The van der Waals surface area contributed by atoms with E-state index in [1.807, 2.05) is 11.1 Å². The van der Waals surface area contributed by atoms with Crippen LogP contribution in [0.5, 0.6) is 0 Å². The van der Waals surface area contributed by atoms with Gasteiger partial charge in [-0.15, -0.1) is 5.10 Å². The highest BCUT2D eigenvalue weighted by Crippen LogP contribution is 2.10. The average molecular weight is 293 g/mol. The predicted octanol–water partition coefficient (Wildman–Crippen LogP) is 1.43. The van der Waals surface area contributed by atoms with Crippen molar-refractivity contribution < 1.29 is 4.79 Å². The Hall–Kier alpha value is -1.43. The van der Waals surface area contributed by atoms with E-state index in [1.165, 1.54) is 12.8 Å². The van der Waals surface area contributed by atoms with Gasteiger partial charge in [-0.25, -0.2) is 4.68 Å². The molecule has 6 nitrogen and oxygen atoms in total. The second kappa shape index (κ2) is 8.12. The minimum absolute atomic E-state index is 0.156. The molecule has 1 amide bonds. The van der Waals surface area contributed by atoms with Crippen molar-refractivity contribution in [1.82, 2.24) is 25.2 Å². The molecule has 0 saturated carbocycles. The van der Waals surface area contributed by atoms with E-state index >= 15 is 0 Å². The first-order valence-corrected chi connectivity index (χ1v) is 8.02. The quantitative estimate of drug-likeness (QED) is 0.862. The molecule has 1 saturated heterocycles. The number of carbonyl (C=O) groups is 1. The summed E-state index contributed by atoms with van der Waals surface area (Å²) >= 11 is 0. The summed E-state index contributed by atoms with van der Waals surface area (Å²) < 4.78 is 1.65. The molecule has 1 fully saturated rings. The third-order valence-corrected chi connectivity index (χ3v) is 3.70. The van der Waals surface area contributed by atoms with Gasteiger partial charge in [0.1, 0.15) is 6.54 Å². The smallest absolute Gasteiger partial charge is 0.244 e. The summed E-state index contributed by atoms with van der Waals surface area (Å²) in [5, 5.41) is 11.5. The Morgan fingerprint density at radius 2 is 2.00 bits per heavy atom. The number of nitrogens with zero attached hydrogens (tertiary/aromatic N) is 4.